The number of ketones is 1. The van der Waals surface area contributed by atoms with Crippen LogP contribution in [0.4, 0.5) is 5.69 Å². The minimum atomic E-state index is 0.0577. The summed E-state index contributed by atoms with van der Waals surface area (Å²) in [5, 5.41) is 12.9. The lowest BCUT2D eigenvalue weighted by Gasteiger charge is -2.20. The predicted octanol–water partition coefficient (Wildman–Crippen LogP) is 7.62. The molecule has 0 spiro atoms. The van der Waals surface area contributed by atoms with Crippen LogP contribution in [-0.4, -0.2) is 36.8 Å². The van der Waals surface area contributed by atoms with Gasteiger partial charge >= 0.3 is 0 Å². The van der Waals surface area contributed by atoms with Crippen LogP contribution >= 0.6 is 11.3 Å². The number of aromatic amines is 2. The summed E-state index contributed by atoms with van der Waals surface area (Å²) in [5.74, 6) is 0.228. The van der Waals surface area contributed by atoms with E-state index in [1.165, 1.54) is 17.8 Å². The summed E-state index contributed by atoms with van der Waals surface area (Å²) in [6.45, 7) is 1.58. The minimum absolute atomic E-state index is 0.0577. The third kappa shape index (κ3) is 4.82. The van der Waals surface area contributed by atoms with Crippen LogP contribution in [0.5, 0.6) is 0 Å². The highest BCUT2D eigenvalue weighted by molar-refractivity contribution is 7.17. The fraction of sp³-hybridized carbons (Fsp3) is 0.219. The average Bonchev–Trinajstić information content (AvgIpc) is 3.75. The van der Waals surface area contributed by atoms with E-state index in [0.29, 0.717) is 5.69 Å². The van der Waals surface area contributed by atoms with E-state index >= 15 is 0 Å². The predicted molar refractivity (Wildman–Crippen MR) is 163 cm³/mol. The first-order valence-corrected chi connectivity index (χ1v) is 14.7. The van der Waals surface area contributed by atoms with Crippen molar-refractivity contribution in [1.82, 2.24) is 25.1 Å². The van der Waals surface area contributed by atoms with E-state index < -0.39 is 0 Å². The highest BCUT2D eigenvalue weighted by Gasteiger charge is 2.21. The van der Waals surface area contributed by atoms with Crippen LogP contribution in [0.3, 0.4) is 0 Å². The number of Topliss-reactive ketones (excluding diaryl/α,β-unsaturated/α-hetero) is 1. The number of carbonyl (C=O) groups is 2. The van der Waals surface area contributed by atoms with Crippen LogP contribution in [0.2, 0.25) is 0 Å². The highest BCUT2D eigenvalue weighted by atomic mass is 32.1. The lowest BCUT2D eigenvalue weighted by atomic mass is 9.88. The fourth-order valence-electron chi connectivity index (χ4n) is 5.72. The van der Waals surface area contributed by atoms with E-state index in [0.717, 1.165) is 85.3 Å². The molecule has 0 radical (unpaired) electrons. The molecule has 5 aromatic heterocycles. The summed E-state index contributed by atoms with van der Waals surface area (Å²) in [7, 11) is 0. The number of nitrogens with one attached hydrogen (secondary N) is 3. The number of amides is 1. The number of thiophene rings is 1. The Bertz CT molecular complexity index is 1930. The number of aromatic nitrogens is 5. The van der Waals surface area contributed by atoms with Crippen molar-refractivity contribution in [2.45, 2.75) is 39.0 Å². The van der Waals surface area contributed by atoms with Gasteiger partial charge in [0.2, 0.25) is 5.91 Å². The molecule has 0 bridgehead atoms. The molecule has 0 atom stereocenters. The molecule has 9 heteroatoms. The molecule has 6 aromatic rings. The van der Waals surface area contributed by atoms with Crippen molar-refractivity contribution < 1.29 is 9.59 Å². The molecule has 1 aromatic carbocycles. The monoisotopic (exact) mass is 560 g/mol. The molecular formula is C32H28N6O2S. The summed E-state index contributed by atoms with van der Waals surface area (Å²) < 4.78 is 0. The second-order valence-electron chi connectivity index (χ2n) is 10.7. The summed E-state index contributed by atoms with van der Waals surface area (Å²) in [5.41, 5.74) is 7.07. The Labute approximate surface area is 240 Å². The van der Waals surface area contributed by atoms with Crippen molar-refractivity contribution in [3.63, 3.8) is 0 Å². The van der Waals surface area contributed by atoms with E-state index in [1.54, 1.807) is 19.3 Å². The molecule has 1 aliphatic rings. The van der Waals surface area contributed by atoms with Gasteiger partial charge in [0.25, 0.3) is 0 Å². The number of H-pyrrole nitrogens is 2. The third-order valence-electron chi connectivity index (χ3n) is 7.90. The summed E-state index contributed by atoms with van der Waals surface area (Å²) >= 11 is 1.47. The molecule has 8 nitrogen and oxygen atoms in total. The normalized spacial score (nSPS) is 14.1. The van der Waals surface area contributed by atoms with Gasteiger partial charge in [-0.25, -0.2) is 0 Å². The third-order valence-corrected chi connectivity index (χ3v) is 9.12. The van der Waals surface area contributed by atoms with Crippen molar-refractivity contribution in [3.8, 4) is 33.0 Å². The molecule has 1 amide bonds. The second kappa shape index (κ2) is 10.4. The Kier molecular flexibility index (Phi) is 6.43. The molecule has 41 heavy (non-hydrogen) atoms. The first-order chi connectivity index (χ1) is 20.0. The summed E-state index contributed by atoms with van der Waals surface area (Å²) in [6.07, 6.45) is 12.5. The van der Waals surface area contributed by atoms with Crippen molar-refractivity contribution in [2.75, 3.05) is 5.32 Å². The van der Waals surface area contributed by atoms with Crippen molar-refractivity contribution in [3.05, 3.63) is 72.1 Å². The van der Waals surface area contributed by atoms with Crippen molar-refractivity contribution in [1.29, 1.82) is 0 Å². The molecule has 1 fully saturated rings. The maximum Gasteiger partial charge on any atom is 0.227 e. The number of nitrogens with zero attached hydrogens (tertiary/aromatic N) is 3. The summed E-state index contributed by atoms with van der Waals surface area (Å²) in [4.78, 5) is 38.7. The number of benzene rings is 1. The first kappa shape index (κ1) is 25.3. The number of anilines is 1. The van der Waals surface area contributed by atoms with Crippen LogP contribution in [-0.2, 0) is 4.79 Å². The number of hydrogen-bond acceptors (Lipinski definition) is 6. The van der Waals surface area contributed by atoms with Crippen LogP contribution in [0.15, 0.2) is 67.3 Å². The zero-order valence-corrected chi connectivity index (χ0v) is 23.3. The van der Waals surface area contributed by atoms with Crippen LogP contribution in [0.25, 0.3) is 54.8 Å². The van der Waals surface area contributed by atoms with E-state index in [1.807, 2.05) is 42.7 Å². The lowest BCUT2D eigenvalue weighted by Crippen LogP contribution is -2.24. The average molecular weight is 561 g/mol. The van der Waals surface area contributed by atoms with Gasteiger partial charge in [0.05, 0.1) is 39.7 Å². The van der Waals surface area contributed by atoms with Gasteiger partial charge in [-0.15, -0.1) is 11.3 Å². The topological polar surface area (TPSA) is 116 Å². The van der Waals surface area contributed by atoms with Gasteiger partial charge in [0.15, 0.2) is 5.78 Å². The van der Waals surface area contributed by atoms with Gasteiger partial charge in [-0.1, -0.05) is 25.3 Å². The maximum absolute atomic E-state index is 12.8. The zero-order valence-electron chi connectivity index (χ0n) is 22.5. The standard InChI is InChI=1S/C32H28N6O2S/c1-18(39)29-9-10-30(41-29)25-16-34-17-28-23(25)13-27(36-28)31-24-12-20(7-8-26(24)37-38-31)21-11-22(15-33-14-21)35-32(40)19-5-3-2-4-6-19/h7-17,19,36H,2-6H2,1H3,(H,35,40)(H,37,38). The SMILES string of the molecule is CC(=O)c1ccc(-c2cncc3[nH]c(-c4n[nH]c5ccc(-c6cncc(NC(=O)C7CCCCC7)c6)cc45)cc23)s1. The molecule has 0 aliphatic heterocycles. The van der Waals surface area contributed by atoms with E-state index in [-0.39, 0.29) is 17.6 Å². The Balaban J connectivity index is 1.22. The largest absolute Gasteiger partial charge is 0.352 e. The van der Waals surface area contributed by atoms with Crippen LogP contribution < -0.4 is 5.32 Å². The van der Waals surface area contributed by atoms with Crippen molar-refractivity contribution >= 4 is 50.5 Å². The lowest BCUT2D eigenvalue weighted by molar-refractivity contribution is -0.120. The molecule has 5 heterocycles. The number of fused-ring (bicyclic) bond motifs is 2. The number of pyridine rings is 2. The number of carbonyl (C=O) groups excluding carboxylic acids is 2. The minimum Gasteiger partial charge on any atom is -0.352 e. The maximum atomic E-state index is 12.8. The Morgan fingerprint density at radius 3 is 2.56 bits per heavy atom. The summed E-state index contributed by atoms with van der Waals surface area (Å²) in [6, 6.07) is 14.0. The van der Waals surface area contributed by atoms with E-state index in [2.05, 4.69) is 42.6 Å². The molecule has 0 saturated heterocycles. The second-order valence-corrected chi connectivity index (χ2v) is 11.8. The van der Waals surface area contributed by atoms with Gasteiger partial charge < -0.3 is 10.3 Å². The van der Waals surface area contributed by atoms with Gasteiger partial charge in [-0.3, -0.25) is 24.7 Å². The highest BCUT2D eigenvalue weighted by Crippen LogP contribution is 2.37. The zero-order chi connectivity index (χ0) is 27.9. The van der Waals surface area contributed by atoms with E-state index in [9.17, 15) is 9.59 Å². The Morgan fingerprint density at radius 1 is 0.878 bits per heavy atom. The van der Waals surface area contributed by atoms with E-state index in [4.69, 9.17) is 0 Å². The molecule has 7 rings (SSSR count). The smallest absolute Gasteiger partial charge is 0.227 e. The molecule has 3 N–H and O–H groups in total. The van der Waals surface area contributed by atoms with Crippen LogP contribution in [0, 0.1) is 5.92 Å². The van der Waals surface area contributed by atoms with Crippen LogP contribution in [0.1, 0.15) is 48.7 Å². The molecule has 0 unspecified atom stereocenters. The molecule has 1 saturated carbocycles. The van der Waals surface area contributed by atoms with Gasteiger partial charge in [0.1, 0.15) is 5.69 Å². The Hall–Kier alpha value is -4.63. The quantitative estimate of drug-likeness (QED) is 0.181. The van der Waals surface area contributed by atoms with Gasteiger partial charge in [-0.2, -0.15) is 5.10 Å². The molecular weight excluding hydrogens is 532 g/mol. The first-order valence-electron chi connectivity index (χ1n) is 13.9. The van der Waals surface area contributed by atoms with Crippen molar-refractivity contribution in [2.24, 2.45) is 5.92 Å². The van der Waals surface area contributed by atoms with Gasteiger partial charge in [0, 0.05) is 45.1 Å². The number of rotatable bonds is 6. The van der Waals surface area contributed by atoms with Gasteiger partial charge in [-0.05, 0) is 61.7 Å². The molecule has 204 valence electrons. The fourth-order valence-corrected chi connectivity index (χ4v) is 6.65. The Morgan fingerprint density at radius 2 is 1.73 bits per heavy atom. The molecule has 1 aliphatic carbocycles. The number of hydrogen-bond donors (Lipinski definition) is 3.